The fourth-order valence-corrected chi connectivity index (χ4v) is 3.14. The van der Waals surface area contributed by atoms with Gasteiger partial charge in [-0.25, -0.2) is 5.43 Å². The van der Waals surface area contributed by atoms with Gasteiger partial charge < -0.3 is 14.2 Å². The van der Waals surface area contributed by atoms with E-state index in [1.807, 2.05) is 66.7 Å². The number of carbonyl (C=O) groups excluding carboxylic acids is 1. The summed E-state index contributed by atoms with van der Waals surface area (Å²) in [4.78, 5) is 12.4. The fraction of sp³-hybridized carbons (Fsp3) is 0.167. The summed E-state index contributed by atoms with van der Waals surface area (Å²) in [6.07, 6.45) is 0.804. The second kappa shape index (κ2) is 11.3. The Kier molecular flexibility index (Phi) is 8.20. The van der Waals surface area contributed by atoms with E-state index in [1.165, 1.54) is 13.3 Å². The number of ether oxygens (including phenoxy) is 3. The van der Waals surface area contributed by atoms with Gasteiger partial charge in [0, 0.05) is 11.6 Å². The molecule has 0 aromatic heterocycles. The second-order valence-corrected chi connectivity index (χ2v) is 7.50. The molecule has 1 N–H and O–H groups in total. The van der Waals surface area contributed by atoms with Crippen LogP contribution in [-0.4, -0.2) is 26.3 Å². The average Bonchev–Trinajstić information content (AvgIpc) is 2.80. The van der Waals surface area contributed by atoms with Gasteiger partial charge in [-0.2, -0.15) is 5.10 Å². The Labute approximate surface area is 190 Å². The number of rotatable bonds is 9. The summed E-state index contributed by atoms with van der Waals surface area (Å²) in [5, 5.41) is 4.04. The van der Waals surface area contributed by atoms with Crippen LogP contribution in [0.15, 0.2) is 82.4 Å². The zero-order valence-corrected chi connectivity index (χ0v) is 18.8. The zero-order valence-electron chi connectivity index (χ0n) is 17.2. The van der Waals surface area contributed by atoms with Crippen molar-refractivity contribution in [3.8, 4) is 11.5 Å². The molecule has 3 rings (SSSR count). The molecular formula is C24H23BrN2O4. The third-order valence-electron chi connectivity index (χ3n) is 4.46. The van der Waals surface area contributed by atoms with Crippen LogP contribution in [0.25, 0.3) is 0 Å². The minimum atomic E-state index is -0.734. The molecule has 160 valence electrons. The number of nitrogens with zero attached hydrogens (tertiary/aromatic N) is 1. The molecule has 7 heteroatoms. The van der Waals surface area contributed by atoms with E-state index in [2.05, 4.69) is 26.5 Å². The number of hydrazone groups is 1. The molecule has 3 aromatic carbocycles. The number of hydrogen-bond acceptors (Lipinski definition) is 5. The highest BCUT2D eigenvalue weighted by atomic mass is 79.9. The smallest absolute Gasteiger partial charge is 0.273 e. The first-order valence-corrected chi connectivity index (χ1v) is 10.4. The lowest BCUT2D eigenvalue weighted by atomic mass is 10.1. The molecule has 0 unspecified atom stereocenters. The Morgan fingerprint density at radius 3 is 2.45 bits per heavy atom. The van der Waals surface area contributed by atoms with Crippen LogP contribution in [0.5, 0.6) is 11.5 Å². The first-order valence-electron chi connectivity index (χ1n) is 9.56. The summed E-state index contributed by atoms with van der Waals surface area (Å²) in [7, 11) is 3.06. The molecule has 1 atom stereocenters. The number of carbonyl (C=O) groups is 1. The molecule has 0 aliphatic heterocycles. The molecule has 6 nitrogen and oxygen atoms in total. The lowest BCUT2D eigenvalue weighted by molar-refractivity contribution is -0.131. The summed E-state index contributed by atoms with van der Waals surface area (Å²) < 4.78 is 17.6. The number of methoxy groups -OCH3 is 2. The van der Waals surface area contributed by atoms with Crippen LogP contribution in [0.3, 0.4) is 0 Å². The normalized spacial score (nSPS) is 11.8. The standard InChI is InChI=1S/C24H23BrN2O4/c1-29-22-14-18(10-13-21(22)31-16-17-8-11-20(25)12-9-17)15-26-27-24(28)23(30-2)19-6-4-3-5-7-19/h3-15,23H,16H2,1-2H3,(H,27,28)/b26-15-/t23-/m1/s1. The number of halogens is 1. The second-order valence-electron chi connectivity index (χ2n) is 6.59. The number of amides is 1. The van der Waals surface area contributed by atoms with Gasteiger partial charge in [0.15, 0.2) is 17.6 Å². The maximum Gasteiger partial charge on any atom is 0.273 e. The molecule has 0 heterocycles. The Morgan fingerprint density at radius 1 is 1.03 bits per heavy atom. The van der Waals surface area contributed by atoms with E-state index in [4.69, 9.17) is 14.2 Å². The highest BCUT2D eigenvalue weighted by molar-refractivity contribution is 9.10. The molecule has 0 bridgehead atoms. The summed E-state index contributed by atoms with van der Waals surface area (Å²) in [6, 6.07) is 22.6. The van der Waals surface area contributed by atoms with Gasteiger partial charge in [-0.15, -0.1) is 0 Å². The molecular weight excluding hydrogens is 460 g/mol. The van der Waals surface area contributed by atoms with Crippen LogP contribution in [0.1, 0.15) is 22.8 Å². The quantitative estimate of drug-likeness (QED) is 0.348. The van der Waals surface area contributed by atoms with Crippen molar-refractivity contribution in [2.45, 2.75) is 12.7 Å². The highest BCUT2D eigenvalue weighted by Crippen LogP contribution is 2.28. The van der Waals surface area contributed by atoms with Crippen molar-refractivity contribution in [2.24, 2.45) is 5.10 Å². The minimum absolute atomic E-state index is 0.355. The highest BCUT2D eigenvalue weighted by Gasteiger charge is 2.19. The van der Waals surface area contributed by atoms with Gasteiger partial charge in [0.05, 0.1) is 13.3 Å². The molecule has 0 saturated heterocycles. The molecule has 0 spiro atoms. The molecule has 0 radical (unpaired) electrons. The topological polar surface area (TPSA) is 69.2 Å². The number of hydrogen-bond donors (Lipinski definition) is 1. The predicted molar refractivity (Wildman–Crippen MR) is 123 cm³/mol. The molecule has 3 aromatic rings. The summed E-state index contributed by atoms with van der Waals surface area (Å²) >= 11 is 3.42. The first kappa shape index (κ1) is 22.5. The largest absolute Gasteiger partial charge is 0.493 e. The third-order valence-corrected chi connectivity index (χ3v) is 4.99. The van der Waals surface area contributed by atoms with Gasteiger partial charge in [0.25, 0.3) is 5.91 Å². The van der Waals surface area contributed by atoms with Crippen LogP contribution in [0, 0.1) is 0 Å². The lowest BCUT2D eigenvalue weighted by Crippen LogP contribution is -2.26. The van der Waals surface area contributed by atoms with Gasteiger partial charge in [-0.05, 0) is 47.0 Å². The Bertz CT molecular complexity index is 1020. The summed E-state index contributed by atoms with van der Waals surface area (Å²) in [5.41, 5.74) is 5.07. The van der Waals surface area contributed by atoms with E-state index in [9.17, 15) is 4.79 Å². The Hall–Kier alpha value is -3.16. The average molecular weight is 483 g/mol. The maximum atomic E-state index is 12.4. The van der Waals surface area contributed by atoms with E-state index in [0.29, 0.717) is 18.1 Å². The van der Waals surface area contributed by atoms with Crippen LogP contribution in [-0.2, 0) is 16.1 Å². The molecule has 0 saturated carbocycles. The fourth-order valence-electron chi connectivity index (χ4n) is 2.88. The van der Waals surface area contributed by atoms with Gasteiger partial charge in [0.1, 0.15) is 6.61 Å². The van der Waals surface area contributed by atoms with Gasteiger partial charge in [-0.3, -0.25) is 4.79 Å². The van der Waals surface area contributed by atoms with Crippen LogP contribution in [0.4, 0.5) is 0 Å². The van der Waals surface area contributed by atoms with E-state index in [0.717, 1.165) is 21.2 Å². The molecule has 31 heavy (non-hydrogen) atoms. The van der Waals surface area contributed by atoms with Crippen molar-refractivity contribution < 1.29 is 19.0 Å². The van der Waals surface area contributed by atoms with Crippen LogP contribution >= 0.6 is 15.9 Å². The zero-order chi connectivity index (χ0) is 22.1. The van der Waals surface area contributed by atoms with Crippen molar-refractivity contribution in [3.63, 3.8) is 0 Å². The van der Waals surface area contributed by atoms with Gasteiger partial charge >= 0.3 is 0 Å². The van der Waals surface area contributed by atoms with E-state index >= 15 is 0 Å². The van der Waals surface area contributed by atoms with E-state index < -0.39 is 6.10 Å². The summed E-state index contributed by atoms with van der Waals surface area (Å²) in [6.45, 7) is 0.422. The Morgan fingerprint density at radius 2 is 1.77 bits per heavy atom. The molecule has 0 fully saturated rings. The van der Waals surface area contributed by atoms with Crippen molar-refractivity contribution >= 4 is 28.1 Å². The number of benzene rings is 3. The molecule has 0 aliphatic rings. The third kappa shape index (κ3) is 6.41. The lowest BCUT2D eigenvalue weighted by Gasteiger charge is -2.13. The van der Waals surface area contributed by atoms with Crippen molar-refractivity contribution in [2.75, 3.05) is 14.2 Å². The van der Waals surface area contributed by atoms with Gasteiger partial charge in [-0.1, -0.05) is 58.4 Å². The SMILES string of the molecule is COc1cc(/C=N\NC(=O)[C@H](OC)c2ccccc2)ccc1OCc1ccc(Br)cc1. The summed E-state index contributed by atoms with van der Waals surface area (Å²) in [5.74, 6) is 0.841. The molecule has 1 amide bonds. The van der Waals surface area contributed by atoms with Gasteiger partial charge in [0.2, 0.25) is 0 Å². The maximum absolute atomic E-state index is 12.4. The Balaban J connectivity index is 1.61. The van der Waals surface area contributed by atoms with Crippen molar-refractivity contribution in [1.29, 1.82) is 0 Å². The van der Waals surface area contributed by atoms with E-state index in [-0.39, 0.29) is 5.91 Å². The minimum Gasteiger partial charge on any atom is -0.493 e. The molecule has 0 aliphatic carbocycles. The van der Waals surface area contributed by atoms with Crippen molar-refractivity contribution in [3.05, 3.63) is 94.0 Å². The predicted octanol–water partition coefficient (Wildman–Crippen LogP) is 4.87. The first-order chi connectivity index (χ1) is 15.1. The van der Waals surface area contributed by atoms with Crippen molar-refractivity contribution in [1.82, 2.24) is 5.43 Å². The van der Waals surface area contributed by atoms with Crippen LogP contribution < -0.4 is 14.9 Å². The van der Waals surface area contributed by atoms with Crippen LogP contribution in [0.2, 0.25) is 0 Å². The number of nitrogens with one attached hydrogen (secondary N) is 1. The monoisotopic (exact) mass is 482 g/mol. The van der Waals surface area contributed by atoms with E-state index in [1.54, 1.807) is 13.2 Å².